The van der Waals surface area contributed by atoms with Crippen molar-refractivity contribution in [1.82, 2.24) is 4.90 Å². The van der Waals surface area contributed by atoms with E-state index in [0.29, 0.717) is 24.7 Å². The summed E-state index contributed by atoms with van der Waals surface area (Å²) >= 11 is 0. The van der Waals surface area contributed by atoms with Crippen LogP contribution in [0.2, 0.25) is 0 Å². The molecular weight excluding hydrogens is 259 g/mol. The Morgan fingerprint density at radius 2 is 2.20 bits per heavy atom. The number of aliphatic carboxylic acids is 1. The van der Waals surface area contributed by atoms with E-state index in [1.165, 1.54) is 12.1 Å². The molecule has 1 aliphatic heterocycles. The lowest BCUT2D eigenvalue weighted by atomic mass is 9.98. The van der Waals surface area contributed by atoms with Crippen LogP contribution < -0.4 is 5.32 Å². The summed E-state index contributed by atoms with van der Waals surface area (Å²) in [5, 5.41) is 12.7. The van der Waals surface area contributed by atoms with Gasteiger partial charge in [0.1, 0.15) is 11.4 Å². The van der Waals surface area contributed by atoms with Crippen molar-refractivity contribution in [3.63, 3.8) is 0 Å². The van der Waals surface area contributed by atoms with Gasteiger partial charge in [-0.2, -0.15) is 0 Å². The molecule has 0 amide bonds. The second kappa shape index (κ2) is 4.74. The largest absolute Gasteiger partial charge is 0.479 e. The molecular formula is C15H19FN2O2. The first-order valence-electron chi connectivity index (χ1n) is 7.01. The predicted molar refractivity (Wildman–Crippen MR) is 74.3 cm³/mol. The van der Waals surface area contributed by atoms with E-state index in [0.717, 1.165) is 24.9 Å². The molecule has 1 heterocycles. The van der Waals surface area contributed by atoms with E-state index < -0.39 is 11.5 Å². The monoisotopic (exact) mass is 278 g/mol. The molecule has 108 valence electrons. The fraction of sp³-hybridized carbons (Fsp3) is 0.533. The number of hydrogen-bond acceptors (Lipinski definition) is 3. The molecule has 20 heavy (non-hydrogen) atoms. The Morgan fingerprint density at radius 1 is 1.45 bits per heavy atom. The van der Waals surface area contributed by atoms with Gasteiger partial charge in [-0.1, -0.05) is 0 Å². The van der Waals surface area contributed by atoms with Gasteiger partial charge in [-0.15, -0.1) is 0 Å². The summed E-state index contributed by atoms with van der Waals surface area (Å²) in [6, 6.07) is 5.13. The van der Waals surface area contributed by atoms with Gasteiger partial charge in [-0.25, -0.2) is 9.18 Å². The van der Waals surface area contributed by atoms with Crippen molar-refractivity contribution in [3.8, 4) is 0 Å². The lowest BCUT2D eigenvalue weighted by molar-refractivity contribution is -0.141. The third kappa shape index (κ3) is 2.50. The molecule has 1 atom stereocenters. The second-order valence-electron chi connectivity index (χ2n) is 5.98. The molecule has 1 aliphatic carbocycles. The third-order valence-electron chi connectivity index (χ3n) is 4.20. The van der Waals surface area contributed by atoms with Gasteiger partial charge in [0.2, 0.25) is 0 Å². The molecule has 0 aromatic heterocycles. The van der Waals surface area contributed by atoms with Gasteiger partial charge >= 0.3 is 5.97 Å². The highest BCUT2D eigenvalue weighted by molar-refractivity contribution is 5.83. The van der Waals surface area contributed by atoms with Crippen LogP contribution in [0.15, 0.2) is 18.2 Å². The minimum atomic E-state index is -0.997. The summed E-state index contributed by atoms with van der Waals surface area (Å²) in [6.07, 6.45) is 2.87. The first-order chi connectivity index (χ1) is 9.48. The number of aryl methyl sites for hydroxylation is 1. The maximum atomic E-state index is 13.4. The number of carboxylic acids is 1. The molecule has 1 saturated heterocycles. The summed E-state index contributed by atoms with van der Waals surface area (Å²) in [6.45, 7) is 3.08. The van der Waals surface area contributed by atoms with Crippen LogP contribution >= 0.6 is 0 Å². The Hall–Kier alpha value is -1.62. The number of hydrogen-bond donors (Lipinski definition) is 2. The van der Waals surface area contributed by atoms with Gasteiger partial charge in [-0.05, 0) is 49.9 Å². The average Bonchev–Trinajstić information content (AvgIpc) is 3.10. The number of rotatable bonds is 4. The molecule has 4 nitrogen and oxygen atoms in total. The molecule has 5 heteroatoms. The molecule has 3 rings (SSSR count). The normalized spacial score (nSPS) is 26.7. The summed E-state index contributed by atoms with van der Waals surface area (Å²) in [5.74, 6) is -1.20. The SMILES string of the molecule is Cc1cc(F)cc(NC2(C(=O)O)CCN(C3CC3)C2)c1. The van der Waals surface area contributed by atoms with Gasteiger partial charge in [-0.3, -0.25) is 4.90 Å². The first-order valence-corrected chi connectivity index (χ1v) is 7.01. The Kier molecular flexibility index (Phi) is 3.17. The van der Waals surface area contributed by atoms with E-state index >= 15 is 0 Å². The number of carboxylic acid groups (broad SMARTS) is 1. The number of likely N-dealkylation sites (tertiary alicyclic amines) is 1. The van der Waals surface area contributed by atoms with Crippen molar-refractivity contribution in [2.45, 2.75) is 37.8 Å². The molecule has 2 fully saturated rings. The molecule has 1 aromatic rings. The quantitative estimate of drug-likeness (QED) is 0.887. The Labute approximate surface area is 117 Å². The number of nitrogens with one attached hydrogen (secondary N) is 1. The van der Waals surface area contributed by atoms with Crippen LogP contribution in [0, 0.1) is 12.7 Å². The highest BCUT2D eigenvalue weighted by Gasteiger charge is 2.48. The minimum absolute atomic E-state index is 0.343. The Bertz CT molecular complexity index is 524. The molecule has 2 N–H and O–H groups in total. The highest BCUT2D eigenvalue weighted by Crippen LogP contribution is 2.35. The summed E-state index contributed by atoms with van der Waals surface area (Å²) in [7, 11) is 0. The fourth-order valence-corrected chi connectivity index (χ4v) is 3.01. The van der Waals surface area contributed by atoms with E-state index in [1.807, 2.05) is 0 Å². The number of anilines is 1. The topological polar surface area (TPSA) is 52.6 Å². The number of halogens is 1. The van der Waals surface area contributed by atoms with E-state index in [2.05, 4.69) is 10.2 Å². The average molecular weight is 278 g/mol. The molecule has 0 spiro atoms. The lowest BCUT2D eigenvalue weighted by Crippen LogP contribution is -2.49. The van der Waals surface area contributed by atoms with Crippen molar-refractivity contribution in [1.29, 1.82) is 0 Å². The zero-order valence-corrected chi connectivity index (χ0v) is 11.5. The molecule has 0 radical (unpaired) electrons. The van der Waals surface area contributed by atoms with Crippen LogP contribution in [-0.4, -0.2) is 40.6 Å². The first kappa shape index (κ1) is 13.4. The lowest BCUT2D eigenvalue weighted by Gasteiger charge is -2.27. The molecule has 1 aromatic carbocycles. The molecule has 1 saturated carbocycles. The highest BCUT2D eigenvalue weighted by atomic mass is 19.1. The second-order valence-corrected chi connectivity index (χ2v) is 5.98. The maximum absolute atomic E-state index is 13.4. The van der Waals surface area contributed by atoms with Crippen LogP contribution in [0.3, 0.4) is 0 Å². The van der Waals surface area contributed by atoms with E-state index in [9.17, 15) is 14.3 Å². The predicted octanol–water partition coefficient (Wildman–Crippen LogP) is 2.24. The Balaban J connectivity index is 1.82. The number of benzene rings is 1. The van der Waals surface area contributed by atoms with Crippen molar-refractivity contribution in [3.05, 3.63) is 29.6 Å². The minimum Gasteiger partial charge on any atom is -0.479 e. The van der Waals surface area contributed by atoms with Crippen molar-refractivity contribution in [2.75, 3.05) is 18.4 Å². The van der Waals surface area contributed by atoms with Crippen LogP contribution in [0.1, 0.15) is 24.8 Å². The Morgan fingerprint density at radius 3 is 2.80 bits per heavy atom. The molecule has 2 aliphatic rings. The van der Waals surface area contributed by atoms with E-state index in [4.69, 9.17) is 0 Å². The third-order valence-corrected chi connectivity index (χ3v) is 4.20. The van der Waals surface area contributed by atoms with Gasteiger partial charge in [0.25, 0.3) is 0 Å². The summed E-state index contributed by atoms with van der Waals surface area (Å²) in [5.41, 5.74) is 0.329. The molecule has 1 unspecified atom stereocenters. The summed E-state index contributed by atoms with van der Waals surface area (Å²) < 4.78 is 13.4. The van der Waals surface area contributed by atoms with Crippen LogP contribution in [0.25, 0.3) is 0 Å². The van der Waals surface area contributed by atoms with Gasteiger partial charge < -0.3 is 10.4 Å². The zero-order valence-electron chi connectivity index (χ0n) is 11.5. The van der Waals surface area contributed by atoms with Crippen LogP contribution in [-0.2, 0) is 4.79 Å². The standard InChI is InChI=1S/C15H19FN2O2/c1-10-6-11(16)8-12(7-10)17-15(14(19)20)4-5-18(9-15)13-2-3-13/h6-8,13,17H,2-5,9H2,1H3,(H,19,20). The van der Waals surface area contributed by atoms with Gasteiger partial charge in [0.05, 0.1) is 0 Å². The van der Waals surface area contributed by atoms with Crippen LogP contribution in [0.4, 0.5) is 10.1 Å². The van der Waals surface area contributed by atoms with E-state index in [-0.39, 0.29) is 5.82 Å². The van der Waals surface area contributed by atoms with Crippen LogP contribution in [0.5, 0.6) is 0 Å². The molecule has 0 bridgehead atoms. The maximum Gasteiger partial charge on any atom is 0.330 e. The fourth-order valence-electron chi connectivity index (χ4n) is 3.01. The number of nitrogens with zero attached hydrogens (tertiary/aromatic N) is 1. The van der Waals surface area contributed by atoms with Crippen molar-refractivity contribution < 1.29 is 14.3 Å². The van der Waals surface area contributed by atoms with Crippen molar-refractivity contribution >= 4 is 11.7 Å². The zero-order chi connectivity index (χ0) is 14.3. The van der Waals surface area contributed by atoms with Gasteiger partial charge in [0, 0.05) is 24.8 Å². The summed E-state index contributed by atoms with van der Waals surface area (Å²) in [4.78, 5) is 13.9. The van der Waals surface area contributed by atoms with Crippen molar-refractivity contribution in [2.24, 2.45) is 0 Å². The van der Waals surface area contributed by atoms with E-state index in [1.54, 1.807) is 13.0 Å². The smallest absolute Gasteiger partial charge is 0.330 e. The number of carbonyl (C=O) groups is 1. The van der Waals surface area contributed by atoms with Gasteiger partial charge in [0.15, 0.2) is 0 Å².